The van der Waals surface area contributed by atoms with E-state index >= 15 is 0 Å². The van der Waals surface area contributed by atoms with Crippen LogP contribution in [0.15, 0.2) is 12.7 Å². The van der Waals surface area contributed by atoms with Crippen LogP contribution in [-0.4, -0.2) is 13.1 Å². The van der Waals surface area contributed by atoms with E-state index in [9.17, 15) is 0 Å². The van der Waals surface area contributed by atoms with Gasteiger partial charge in [-0.15, -0.1) is 6.58 Å². The second-order valence-electron chi connectivity index (χ2n) is 6.18. The Morgan fingerprint density at radius 3 is 2.40 bits per heavy atom. The van der Waals surface area contributed by atoms with Crippen LogP contribution in [0.3, 0.4) is 0 Å². The average molecular weight is 209 g/mol. The molecule has 1 nitrogen and oxygen atoms in total. The molecule has 1 saturated heterocycles. The summed E-state index contributed by atoms with van der Waals surface area (Å²) in [5.41, 5.74) is 0.817. The zero-order valence-corrected chi connectivity index (χ0v) is 10.9. The third-order valence-electron chi connectivity index (χ3n) is 4.54. The van der Waals surface area contributed by atoms with Crippen LogP contribution < -0.4 is 5.32 Å². The molecule has 0 aromatic carbocycles. The third-order valence-corrected chi connectivity index (χ3v) is 4.54. The van der Waals surface area contributed by atoms with Crippen LogP contribution in [0.5, 0.6) is 0 Å². The summed E-state index contributed by atoms with van der Waals surface area (Å²) >= 11 is 0. The second kappa shape index (κ2) is 4.69. The molecule has 0 spiro atoms. The molecule has 2 atom stereocenters. The van der Waals surface area contributed by atoms with Gasteiger partial charge in [-0.25, -0.2) is 0 Å². The summed E-state index contributed by atoms with van der Waals surface area (Å²) in [6.07, 6.45) is 5.81. The predicted octanol–water partition coefficient (Wildman–Crippen LogP) is 3.61. The maximum Gasteiger partial charge on any atom is -0.00146 e. The van der Waals surface area contributed by atoms with Crippen molar-refractivity contribution in [1.29, 1.82) is 0 Å². The van der Waals surface area contributed by atoms with Gasteiger partial charge in [-0.3, -0.25) is 0 Å². The standard InChI is InChI=1S/C14H27N/c1-6-7-9-14(5,13(2,3)4)12-8-10-15-11-12/h6,12,15H,1,7-11H2,2-5H3/t12-,14?/m1/s1. The maximum absolute atomic E-state index is 3.86. The van der Waals surface area contributed by atoms with Gasteiger partial charge in [-0.1, -0.05) is 33.8 Å². The Hall–Kier alpha value is -0.300. The van der Waals surface area contributed by atoms with Gasteiger partial charge in [0, 0.05) is 0 Å². The zero-order chi connectivity index (χ0) is 11.5. The van der Waals surface area contributed by atoms with Crippen molar-refractivity contribution in [3.63, 3.8) is 0 Å². The summed E-state index contributed by atoms with van der Waals surface area (Å²) in [7, 11) is 0. The van der Waals surface area contributed by atoms with E-state index in [2.05, 4.69) is 45.7 Å². The van der Waals surface area contributed by atoms with Gasteiger partial charge in [0.05, 0.1) is 0 Å². The molecule has 1 heteroatoms. The van der Waals surface area contributed by atoms with Gasteiger partial charge >= 0.3 is 0 Å². The van der Waals surface area contributed by atoms with Crippen molar-refractivity contribution in [3.05, 3.63) is 12.7 Å². The lowest BCUT2D eigenvalue weighted by Gasteiger charge is -2.46. The highest BCUT2D eigenvalue weighted by atomic mass is 14.9. The Labute approximate surface area is 95.3 Å². The Morgan fingerprint density at radius 2 is 2.00 bits per heavy atom. The third kappa shape index (κ3) is 2.63. The van der Waals surface area contributed by atoms with Crippen LogP contribution in [0.4, 0.5) is 0 Å². The smallest absolute Gasteiger partial charge is 0.00146 e. The highest BCUT2D eigenvalue weighted by Gasteiger charge is 2.43. The van der Waals surface area contributed by atoms with Crippen molar-refractivity contribution in [2.24, 2.45) is 16.7 Å². The first-order valence-corrected chi connectivity index (χ1v) is 6.23. The fourth-order valence-corrected chi connectivity index (χ4v) is 2.79. The Balaban J connectivity index is 2.79. The number of rotatable bonds is 4. The fourth-order valence-electron chi connectivity index (χ4n) is 2.79. The number of nitrogens with one attached hydrogen (secondary N) is 1. The first kappa shape index (κ1) is 12.8. The molecule has 1 heterocycles. The molecule has 1 N–H and O–H groups in total. The molecule has 0 aliphatic carbocycles. The molecule has 1 aliphatic rings. The van der Waals surface area contributed by atoms with Crippen molar-refractivity contribution < 1.29 is 0 Å². The van der Waals surface area contributed by atoms with Gasteiger partial charge in [0.2, 0.25) is 0 Å². The lowest BCUT2D eigenvalue weighted by molar-refractivity contribution is 0.0344. The van der Waals surface area contributed by atoms with E-state index in [4.69, 9.17) is 0 Å². The lowest BCUT2D eigenvalue weighted by atomic mass is 9.58. The Bertz CT molecular complexity index is 208. The Morgan fingerprint density at radius 1 is 1.33 bits per heavy atom. The molecule has 1 fully saturated rings. The molecule has 1 rings (SSSR count). The fraction of sp³-hybridized carbons (Fsp3) is 0.857. The van der Waals surface area contributed by atoms with Crippen LogP contribution in [0.25, 0.3) is 0 Å². The van der Waals surface area contributed by atoms with E-state index in [0.717, 1.165) is 12.3 Å². The molecule has 1 unspecified atom stereocenters. The van der Waals surface area contributed by atoms with E-state index in [-0.39, 0.29) is 0 Å². The quantitative estimate of drug-likeness (QED) is 0.697. The SMILES string of the molecule is C=CCCC(C)([C@@H]1CCNC1)C(C)(C)C. The minimum atomic E-state index is 0.382. The number of allylic oxidation sites excluding steroid dienone is 1. The van der Waals surface area contributed by atoms with Crippen LogP contribution in [0.2, 0.25) is 0 Å². The summed E-state index contributed by atoms with van der Waals surface area (Å²) in [4.78, 5) is 0. The maximum atomic E-state index is 3.86. The van der Waals surface area contributed by atoms with Gasteiger partial charge in [0.25, 0.3) is 0 Å². The monoisotopic (exact) mass is 209 g/mol. The molecule has 0 aromatic rings. The van der Waals surface area contributed by atoms with Gasteiger partial charge in [0.1, 0.15) is 0 Å². The van der Waals surface area contributed by atoms with E-state index in [0.29, 0.717) is 10.8 Å². The molecule has 0 bridgehead atoms. The van der Waals surface area contributed by atoms with Gasteiger partial charge in [-0.2, -0.15) is 0 Å². The minimum absolute atomic E-state index is 0.382. The highest BCUT2D eigenvalue weighted by Crippen LogP contribution is 2.49. The van der Waals surface area contributed by atoms with Crippen molar-refractivity contribution in [2.75, 3.05) is 13.1 Å². The highest BCUT2D eigenvalue weighted by molar-refractivity contribution is 4.96. The van der Waals surface area contributed by atoms with Crippen LogP contribution in [-0.2, 0) is 0 Å². The van der Waals surface area contributed by atoms with Crippen molar-refractivity contribution in [3.8, 4) is 0 Å². The molecule has 15 heavy (non-hydrogen) atoms. The normalized spacial score (nSPS) is 26.3. The molecule has 0 amide bonds. The first-order valence-electron chi connectivity index (χ1n) is 6.23. The summed E-state index contributed by atoms with van der Waals surface area (Å²) in [6.45, 7) is 15.9. The van der Waals surface area contributed by atoms with E-state index < -0.39 is 0 Å². The predicted molar refractivity (Wildman–Crippen MR) is 68.0 cm³/mol. The summed E-state index contributed by atoms with van der Waals surface area (Å²) in [6, 6.07) is 0. The Kier molecular flexibility index (Phi) is 3.99. The topological polar surface area (TPSA) is 12.0 Å². The molecule has 1 aliphatic heterocycles. The van der Waals surface area contributed by atoms with E-state index in [1.165, 1.54) is 25.9 Å². The molecular formula is C14H27N. The number of hydrogen-bond donors (Lipinski definition) is 1. The van der Waals surface area contributed by atoms with Crippen molar-refractivity contribution >= 4 is 0 Å². The molecule has 0 aromatic heterocycles. The first-order chi connectivity index (χ1) is 6.92. The van der Waals surface area contributed by atoms with Crippen LogP contribution in [0, 0.1) is 16.7 Å². The van der Waals surface area contributed by atoms with Gasteiger partial charge in [-0.05, 0) is 49.1 Å². The van der Waals surface area contributed by atoms with Crippen molar-refractivity contribution in [2.45, 2.75) is 47.0 Å². The lowest BCUT2D eigenvalue weighted by Crippen LogP contribution is -2.40. The molecule has 0 radical (unpaired) electrons. The average Bonchev–Trinajstić information content (AvgIpc) is 2.65. The van der Waals surface area contributed by atoms with Crippen LogP contribution >= 0.6 is 0 Å². The largest absolute Gasteiger partial charge is 0.316 e. The zero-order valence-electron chi connectivity index (χ0n) is 10.9. The van der Waals surface area contributed by atoms with Gasteiger partial charge < -0.3 is 5.32 Å². The van der Waals surface area contributed by atoms with Crippen molar-refractivity contribution in [1.82, 2.24) is 5.32 Å². The second-order valence-corrected chi connectivity index (χ2v) is 6.18. The van der Waals surface area contributed by atoms with Crippen LogP contribution in [0.1, 0.15) is 47.0 Å². The van der Waals surface area contributed by atoms with Gasteiger partial charge in [0.15, 0.2) is 0 Å². The van der Waals surface area contributed by atoms with E-state index in [1.807, 2.05) is 0 Å². The summed E-state index contributed by atoms with van der Waals surface area (Å²) in [5, 5.41) is 3.50. The summed E-state index contributed by atoms with van der Waals surface area (Å²) < 4.78 is 0. The van der Waals surface area contributed by atoms with E-state index in [1.54, 1.807) is 0 Å². The number of hydrogen-bond acceptors (Lipinski definition) is 1. The summed E-state index contributed by atoms with van der Waals surface area (Å²) in [5.74, 6) is 0.831. The molecule has 88 valence electrons. The minimum Gasteiger partial charge on any atom is -0.316 e. The molecule has 0 saturated carbocycles. The molecular weight excluding hydrogens is 182 g/mol.